The summed E-state index contributed by atoms with van der Waals surface area (Å²) in [5, 5.41) is 4.42. The molecule has 1 heterocycles. The van der Waals surface area contributed by atoms with E-state index in [1.54, 1.807) is 6.20 Å². The van der Waals surface area contributed by atoms with E-state index in [4.69, 9.17) is 5.73 Å². The van der Waals surface area contributed by atoms with Gasteiger partial charge in [-0.25, -0.2) is 4.68 Å². The fourth-order valence-electron chi connectivity index (χ4n) is 2.60. The van der Waals surface area contributed by atoms with Crippen LogP contribution >= 0.6 is 0 Å². The van der Waals surface area contributed by atoms with E-state index in [0.29, 0.717) is 0 Å². The highest BCUT2D eigenvalue weighted by molar-refractivity contribution is 5.41. The molecule has 3 nitrogen and oxygen atoms in total. The summed E-state index contributed by atoms with van der Waals surface area (Å²) in [7, 11) is 0. The molecule has 0 bridgehead atoms. The fourth-order valence-corrected chi connectivity index (χ4v) is 2.60. The number of para-hydroxylation sites is 1. The Morgan fingerprint density at radius 2 is 1.71 bits per heavy atom. The van der Waals surface area contributed by atoms with Crippen LogP contribution in [0.15, 0.2) is 60.8 Å². The second kappa shape index (κ2) is 5.54. The van der Waals surface area contributed by atoms with Crippen molar-refractivity contribution < 1.29 is 0 Å². The third-order valence-corrected chi connectivity index (χ3v) is 3.97. The highest BCUT2D eigenvalue weighted by Gasteiger charge is 2.17. The molecule has 0 fully saturated rings. The van der Waals surface area contributed by atoms with Crippen LogP contribution in [0.2, 0.25) is 0 Å². The predicted molar refractivity (Wildman–Crippen MR) is 85.5 cm³/mol. The van der Waals surface area contributed by atoms with E-state index in [0.717, 1.165) is 16.9 Å². The minimum absolute atomic E-state index is 0.187. The normalized spacial score (nSPS) is 12.3. The lowest BCUT2D eigenvalue weighted by Gasteiger charge is -2.18. The Balaban J connectivity index is 2.06. The van der Waals surface area contributed by atoms with Gasteiger partial charge in [0, 0.05) is 6.20 Å². The van der Waals surface area contributed by atoms with E-state index >= 15 is 0 Å². The van der Waals surface area contributed by atoms with Crippen LogP contribution in [-0.4, -0.2) is 9.78 Å². The van der Waals surface area contributed by atoms with E-state index in [1.807, 2.05) is 41.1 Å². The van der Waals surface area contributed by atoms with E-state index in [2.05, 4.69) is 37.1 Å². The molecular weight excluding hydrogens is 258 g/mol. The van der Waals surface area contributed by atoms with Crippen molar-refractivity contribution in [3.63, 3.8) is 0 Å². The first kappa shape index (κ1) is 13.6. The monoisotopic (exact) mass is 277 g/mol. The minimum Gasteiger partial charge on any atom is -0.319 e. The number of aryl methyl sites for hydroxylation is 1. The number of aromatic nitrogens is 2. The molecule has 0 saturated heterocycles. The summed E-state index contributed by atoms with van der Waals surface area (Å²) in [5.41, 5.74) is 12.2. The van der Waals surface area contributed by atoms with Gasteiger partial charge in [-0.2, -0.15) is 5.10 Å². The van der Waals surface area contributed by atoms with E-state index in [9.17, 15) is 0 Å². The Kier molecular flexibility index (Phi) is 3.59. The quantitative estimate of drug-likeness (QED) is 0.795. The fraction of sp³-hybridized carbons (Fsp3) is 0.167. The molecule has 0 aliphatic rings. The Labute approximate surface area is 125 Å². The first-order valence-corrected chi connectivity index (χ1v) is 7.09. The van der Waals surface area contributed by atoms with Crippen molar-refractivity contribution >= 4 is 0 Å². The van der Waals surface area contributed by atoms with Gasteiger partial charge >= 0.3 is 0 Å². The number of hydrogen-bond acceptors (Lipinski definition) is 2. The Morgan fingerprint density at radius 1 is 0.952 bits per heavy atom. The molecule has 3 heteroatoms. The minimum atomic E-state index is -0.187. The molecule has 1 unspecified atom stereocenters. The van der Waals surface area contributed by atoms with Crippen molar-refractivity contribution in [3.05, 3.63) is 83.2 Å². The molecule has 2 aromatic carbocycles. The average Bonchev–Trinajstić information content (AvgIpc) is 3.00. The Morgan fingerprint density at radius 3 is 2.48 bits per heavy atom. The molecule has 106 valence electrons. The van der Waals surface area contributed by atoms with Gasteiger partial charge in [0.05, 0.1) is 17.4 Å². The largest absolute Gasteiger partial charge is 0.319 e. The van der Waals surface area contributed by atoms with Gasteiger partial charge in [0.25, 0.3) is 0 Å². The zero-order valence-corrected chi connectivity index (χ0v) is 12.3. The molecule has 3 rings (SSSR count). The molecule has 0 saturated carbocycles. The van der Waals surface area contributed by atoms with Crippen molar-refractivity contribution in [3.8, 4) is 5.69 Å². The van der Waals surface area contributed by atoms with Gasteiger partial charge in [-0.05, 0) is 48.7 Å². The van der Waals surface area contributed by atoms with Gasteiger partial charge in [-0.1, -0.05) is 36.4 Å². The molecular formula is C18H19N3. The van der Waals surface area contributed by atoms with Crippen LogP contribution in [0.25, 0.3) is 5.69 Å². The first-order valence-electron chi connectivity index (χ1n) is 7.09. The maximum Gasteiger partial charge on any atom is 0.0730 e. The number of nitrogens with zero attached hydrogens (tertiary/aromatic N) is 2. The molecule has 0 spiro atoms. The average molecular weight is 277 g/mol. The van der Waals surface area contributed by atoms with Crippen molar-refractivity contribution in [2.24, 2.45) is 5.73 Å². The maximum atomic E-state index is 6.51. The van der Waals surface area contributed by atoms with Crippen LogP contribution in [0.4, 0.5) is 0 Å². The maximum absolute atomic E-state index is 6.51. The molecule has 2 N–H and O–H groups in total. The first-order chi connectivity index (χ1) is 10.2. The van der Waals surface area contributed by atoms with Crippen molar-refractivity contribution in [1.29, 1.82) is 0 Å². The molecule has 1 atom stereocenters. The van der Waals surface area contributed by atoms with Gasteiger partial charge in [-0.15, -0.1) is 0 Å². The molecule has 1 aromatic heterocycles. The van der Waals surface area contributed by atoms with Crippen LogP contribution in [0.1, 0.15) is 28.4 Å². The number of nitrogens with two attached hydrogens (primary N) is 1. The number of hydrogen-bond donors (Lipinski definition) is 1. The lowest BCUT2D eigenvalue weighted by Crippen LogP contribution is -2.18. The lowest BCUT2D eigenvalue weighted by molar-refractivity contribution is 0.735. The predicted octanol–water partition coefficient (Wildman–Crippen LogP) is 3.54. The zero-order valence-electron chi connectivity index (χ0n) is 12.3. The lowest BCUT2D eigenvalue weighted by atomic mass is 9.96. The Bertz CT molecular complexity index is 744. The van der Waals surface area contributed by atoms with Crippen LogP contribution in [0, 0.1) is 13.8 Å². The van der Waals surface area contributed by atoms with E-state index in [-0.39, 0.29) is 6.04 Å². The topological polar surface area (TPSA) is 43.8 Å². The third-order valence-electron chi connectivity index (χ3n) is 3.97. The van der Waals surface area contributed by atoms with Crippen molar-refractivity contribution in [1.82, 2.24) is 9.78 Å². The van der Waals surface area contributed by atoms with Gasteiger partial charge in [-0.3, -0.25) is 0 Å². The highest BCUT2D eigenvalue weighted by Crippen LogP contribution is 2.25. The van der Waals surface area contributed by atoms with E-state index < -0.39 is 0 Å². The van der Waals surface area contributed by atoms with Gasteiger partial charge < -0.3 is 5.73 Å². The van der Waals surface area contributed by atoms with Gasteiger partial charge in [0.1, 0.15) is 0 Å². The molecule has 0 amide bonds. The van der Waals surface area contributed by atoms with E-state index in [1.165, 1.54) is 11.1 Å². The number of benzene rings is 2. The second-order valence-corrected chi connectivity index (χ2v) is 5.27. The third kappa shape index (κ3) is 2.48. The molecule has 0 radical (unpaired) electrons. The molecule has 0 aliphatic heterocycles. The van der Waals surface area contributed by atoms with Crippen molar-refractivity contribution in [2.45, 2.75) is 19.9 Å². The van der Waals surface area contributed by atoms with Crippen LogP contribution in [-0.2, 0) is 0 Å². The van der Waals surface area contributed by atoms with Crippen LogP contribution < -0.4 is 5.73 Å². The van der Waals surface area contributed by atoms with Crippen molar-refractivity contribution in [2.75, 3.05) is 0 Å². The van der Waals surface area contributed by atoms with Gasteiger partial charge in [0.15, 0.2) is 0 Å². The summed E-state index contributed by atoms with van der Waals surface area (Å²) >= 11 is 0. The molecule has 21 heavy (non-hydrogen) atoms. The molecule has 3 aromatic rings. The SMILES string of the molecule is Cc1cccc(C(N)c2ccnn2-c2ccccc2)c1C. The van der Waals surface area contributed by atoms with Gasteiger partial charge in [0.2, 0.25) is 0 Å². The summed E-state index contributed by atoms with van der Waals surface area (Å²) < 4.78 is 1.91. The highest BCUT2D eigenvalue weighted by atomic mass is 15.3. The zero-order chi connectivity index (χ0) is 14.8. The standard InChI is InChI=1S/C18H19N3/c1-13-7-6-10-16(14(13)2)18(19)17-11-12-20-21(17)15-8-4-3-5-9-15/h3-12,18H,19H2,1-2H3. The summed E-state index contributed by atoms with van der Waals surface area (Å²) in [6.07, 6.45) is 1.80. The van der Waals surface area contributed by atoms with Crippen LogP contribution in [0.5, 0.6) is 0 Å². The number of rotatable bonds is 3. The second-order valence-electron chi connectivity index (χ2n) is 5.27. The summed E-state index contributed by atoms with van der Waals surface area (Å²) in [4.78, 5) is 0. The van der Waals surface area contributed by atoms with Crippen LogP contribution in [0.3, 0.4) is 0 Å². The Hall–Kier alpha value is -2.39. The summed E-state index contributed by atoms with van der Waals surface area (Å²) in [6, 6.07) is 18.1. The summed E-state index contributed by atoms with van der Waals surface area (Å²) in [6.45, 7) is 4.23. The summed E-state index contributed by atoms with van der Waals surface area (Å²) in [5.74, 6) is 0. The molecule has 0 aliphatic carbocycles. The smallest absolute Gasteiger partial charge is 0.0730 e.